The lowest BCUT2D eigenvalue weighted by molar-refractivity contribution is -0.126. The number of rotatable bonds is 6. The van der Waals surface area contributed by atoms with Crippen LogP contribution in [0.15, 0.2) is 59.2 Å². The first-order chi connectivity index (χ1) is 18.0. The van der Waals surface area contributed by atoms with E-state index in [1.165, 1.54) is 12.1 Å². The van der Waals surface area contributed by atoms with E-state index in [1.54, 1.807) is 25.1 Å². The molecule has 2 aliphatic carbocycles. The molecule has 1 fully saturated rings. The van der Waals surface area contributed by atoms with Crippen molar-refractivity contribution in [1.82, 2.24) is 0 Å². The summed E-state index contributed by atoms with van der Waals surface area (Å²) in [6.07, 6.45) is 3.57. The van der Waals surface area contributed by atoms with Crippen LogP contribution in [-0.4, -0.2) is 25.5 Å². The molecule has 1 saturated carbocycles. The van der Waals surface area contributed by atoms with Crippen LogP contribution in [0.25, 0.3) is 0 Å². The van der Waals surface area contributed by atoms with Crippen molar-refractivity contribution in [3.63, 3.8) is 0 Å². The van der Waals surface area contributed by atoms with Gasteiger partial charge in [-0.05, 0) is 74.5 Å². The third-order valence-electron chi connectivity index (χ3n) is 7.26. The normalized spacial score (nSPS) is 19.0. The van der Waals surface area contributed by atoms with E-state index in [9.17, 15) is 26.7 Å². The van der Waals surface area contributed by atoms with E-state index in [0.29, 0.717) is 12.3 Å². The molecular formula is C31H41F5O3. The average Bonchev–Trinajstić information content (AvgIpc) is 3.01. The summed E-state index contributed by atoms with van der Waals surface area (Å²) < 4.78 is 63.8. The van der Waals surface area contributed by atoms with Crippen LogP contribution >= 0.6 is 0 Å². The Bertz CT molecular complexity index is 1020. The summed E-state index contributed by atoms with van der Waals surface area (Å²) in [5.74, 6) is -1.82. The maximum atomic E-state index is 13.4. The molecule has 0 aliphatic heterocycles. The second kappa shape index (κ2) is 15.6. The van der Waals surface area contributed by atoms with Crippen molar-refractivity contribution in [3.8, 4) is 0 Å². The number of carbonyl (C=O) groups is 3. The summed E-state index contributed by atoms with van der Waals surface area (Å²) in [5.41, 5.74) is 2.54. The number of carbonyl (C=O) groups excluding carboxylic acids is 3. The predicted molar refractivity (Wildman–Crippen MR) is 146 cm³/mol. The molecule has 1 aromatic carbocycles. The van der Waals surface area contributed by atoms with Gasteiger partial charge in [-0.1, -0.05) is 62.8 Å². The highest BCUT2D eigenvalue weighted by Crippen LogP contribution is 2.47. The van der Waals surface area contributed by atoms with Gasteiger partial charge in [0.1, 0.15) is 19.4 Å². The fraction of sp³-hybridized carbons (Fsp3) is 0.516. The zero-order valence-electron chi connectivity index (χ0n) is 23.8. The lowest BCUT2D eigenvalue weighted by Gasteiger charge is -2.45. The summed E-state index contributed by atoms with van der Waals surface area (Å²) in [7, 11) is 0. The Morgan fingerprint density at radius 2 is 1.54 bits per heavy atom. The van der Waals surface area contributed by atoms with Crippen LogP contribution < -0.4 is 0 Å². The van der Waals surface area contributed by atoms with Gasteiger partial charge in [0.05, 0.1) is 5.57 Å². The Hall–Kier alpha value is -2.90. The van der Waals surface area contributed by atoms with Crippen molar-refractivity contribution >= 4 is 19.4 Å². The number of ketones is 1. The predicted octanol–water partition coefficient (Wildman–Crippen LogP) is 8.77. The molecule has 0 amide bonds. The van der Waals surface area contributed by atoms with E-state index in [1.807, 2.05) is 33.5 Å². The molecule has 0 bridgehead atoms. The van der Waals surface area contributed by atoms with Crippen LogP contribution in [0.5, 0.6) is 0 Å². The minimum Gasteiger partial charge on any atom is -0.307 e. The quantitative estimate of drug-likeness (QED) is 0.329. The second-order valence-electron chi connectivity index (χ2n) is 10.6. The first kappa shape index (κ1) is 36.1. The molecule has 0 unspecified atom stereocenters. The van der Waals surface area contributed by atoms with Crippen LogP contribution in [0.2, 0.25) is 0 Å². The first-order valence-electron chi connectivity index (χ1n) is 12.7. The zero-order chi connectivity index (χ0) is 30.6. The highest BCUT2D eigenvalue weighted by Gasteiger charge is 2.41. The van der Waals surface area contributed by atoms with Crippen molar-refractivity contribution in [2.24, 2.45) is 17.3 Å². The van der Waals surface area contributed by atoms with Gasteiger partial charge < -0.3 is 9.59 Å². The molecule has 0 spiro atoms. The van der Waals surface area contributed by atoms with Gasteiger partial charge in [0.25, 0.3) is 5.92 Å². The second-order valence-corrected chi connectivity index (χ2v) is 10.6. The molecule has 0 N–H and O–H groups in total. The van der Waals surface area contributed by atoms with Gasteiger partial charge in [-0.25, -0.2) is 8.78 Å². The van der Waals surface area contributed by atoms with E-state index in [2.05, 4.69) is 13.8 Å². The highest BCUT2D eigenvalue weighted by atomic mass is 19.4. The Balaban J connectivity index is 0.000000698. The van der Waals surface area contributed by atoms with Crippen molar-refractivity contribution in [2.75, 3.05) is 0 Å². The maximum Gasteiger partial charge on any atom is 0.416 e. The maximum absolute atomic E-state index is 13.4. The third kappa shape index (κ3) is 11.4. The first-order valence-corrected chi connectivity index (χ1v) is 12.7. The Labute approximate surface area is 229 Å². The number of Topliss-reactive ketones (excluding diaryl/α,β-unsaturated/α-hetero) is 1. The minimum atomic E-state index is -4.22. The largest absolute Gasteiger partial charge is 0.416 e. The number of hydrogen-bond donors (Lipinski definition) is 0. The minimum absolute atomic E-state index is 0.0353. The van der Waals surface area contributed by atoms with Crippen LogP contribution in [-0.2, 0) is 26.7 Å². The van der Waals surface area contributed by atoms with E-state index in [4.69, 9.17) is 9.59 Å². The zero-order valence-corrected chi connectivity index (χ0v) is 23.8. The molecule has 0 saturated heterocycles. The Morgan fingerprint density at radius 3 is 2.00 bits per heavy atom. The molecule has 8 heteroatoms. The number of benzene rings is 1. The van der Waals surface area contributed by atoms with Gasteiger partial charge in [0.2, 0.25) is 0 Å². The van der Waals surface area contributed by atoms with Crippen molar-refractivity contribution in [2.45, 2.75) is 85.7 Å². The fourth-order valence-corrected chi connectivity index (χ4v) is 4.64. The number of halogens is 5. The van der Waals surface area contributed by atoms with Gasteiger partial charge in [0.15, 0.2) is 0 Å². The van der Waals surface area contributed by atoms with Crippen LogP contribution in [0, 0.1) is 17.3 Å². The molecule has 0 atom stereocenters. The number of alkyl halides is 5. The van der Waals surface area contributed by atoms with Crippen LogP contribution in [0.4, 0.5) is 22.0 Å². The lowest BCUT2D eigenvalue weighted by Crippen LogP contribution is -2.39. The summed E-state index contributed by atoms with van der Waals surface area (Å²) >= 11 is 0. The Kier molecular flexibility index (Phi) is 14.5. The molecule has 218 valence electrons. The van der Waals surface area contributed by atoms with Gasteiger partial charge in [-0.15, -0.1) is 0 Å². The molecule has 3 rings (SSSR count). The molecule has 1 aromatic rings. The molecule has 2 aliphatic rings. The van der Waals surface area contributed by atoms with Crippen molar-refractivity contribution in [3.05, 3.63) is 70.3 Å². The molecular weight excluding hydrogens is 515 g/mol. The molecule has 0 radical (unpaired) electrons. The molecule has 0 aromatic heterocycles. The van der Waals surface area contributed by atoms with E-state index < -0.39 is 17.7 Å². The summed E-state index contributed by atoms with van der Waals surface area (Å²) in [4.78, 5) is 27.3. The summed E-state index contributed by atoms with van der Waals surface area (Å²) in [5, 5.41) is 0. The average molecular weight is 557 g/mol. The summed E-state index contributed by atoms with van der Waals surface area (Å²) in [6.45, 7) is 14.7. The highest BCUT2D eigenvalue weighted by molar-refractivity contribution is 5.79. The van der Waals surface area contributed by atoms with Gasteiger partial charge in [0, 0.05) is 18.4 Å². The van der Waals surface area contributed by atoms with Crippen LogP contribution in [0.3, 0.4) is 0 Å². The van der Waals surface area contributed by atoms with E-state index >= 15 is 0 Å². The topological polar surface area (TPSA) is 51.2 Å². The number of allylic oxidation sites excluding steroid dienone is 6. The SMILES string of the molecule is C=O.C=O.CC(=O)C1CC(C(C)(C)Cc2cccc(C(C)(F)F)c2)C1.CCC1=C(C)CC=C(C(F)(F)F)C=C1. The lowest BCUT2D eigenvalue weighted by atomic mass is 9.59. The monoisotopic (exact) mass is 556 g/mol. The summed E-state index contributed by atoms with van der Waals surface area (Å²) in [6, 6.07) is 6.71. The fourth-order valence-electron chi connectivity index (χ4n) is 4.64. The smallest absolute Gasteiger partial charge is 0.307 e. The standard InChI is InChI=1S/C18H24F2O.C11H13F3.2CH2O/c1-12(21)14-9-16(10-14)17(2,3)11-13-6-5-7-15(8-13)18(4,19)20;1-3-9-5-7-10(11(12,13)14)6-4-8(9)2;2*1-2/h5-8,14,16H,9-11H2,1-4H3;5-7H,3-4H2,1-2H3;2*1H2. The third-order valence-corrected chi connectivity index (χ3v) is 7.26. The molecule has 0 heterocycles. The van der Waals surface area contributed by atoms with Crippen molar-refractivity contribution in [1.29, 1.82) is 0 Å². The molecule has 39 heavy (non-hydrogen) atoms. The molecule has 3 nitrogen and oxygen atoms in total. The van der Waals surface area contributed by atoms with Gasteiger partial charge >= 0.3 is 6.18 Å². The van der Waals surface area contributed by atoms with E-state index in [-0.39, 0.29) is 22.7 Å². The van der Waals surface area contributed by atoms with Gasteiger partial charge in [-0.3, -0.25) is 4.79 Å². The Morgan fingerprint density at radius 1 is 0.974 bits per heavy atom. The van der Waals surface area contributed by atoms with Crippen molar-refractivity contribution < 1.29 is 36.3 Å². The van der Waals surface area contributed by atoms with Crippen LogP contribution in [0.1, 0.15) is 78.4 Å². The van der Waals surface area contributed by atoms with Gasteiger partial charge in [-0.2, -0.15) is 13.2 Å². The number of hydrogen-bond acceptors (Lipinski definition) is 3. The van der Waals surface area contributed by atoms with E-state index in [0.717, 1.165) is 55.4 Å².